The maximum absolute atomic E-state index is 13.5. The van der Waals surface area contributed by atoms with E-state index in [2.05, 4.69) is 6.08 Å². The molecular weight excluding hydrogens is 428 g/mol. The van der Waals surface area contributed by atoms with E-state index in [0.717, 1.165) is 37.7 Å². The summed E-state index contributed by atoms with van der Waals surface area (Å²) in [4.78, 5) is 14.4. The summed E-state index contributed by atoms with van der Waals surface area (Å²) in [6, 6.07) is 4.75. The molecule has 0 bridgehead atoms. The molecule has 0 saturated heterocycles. The van der Waals surface area contributed by atoms with Crippen molar-refractivity contribution in [2.45, 2.75) is 63.0 Å². The van der Waals surface area contributed by atoms with E-state index in [0.29, 0.717) is 12.3 Å². The van der Waals surface area contributed by atoms with E-state index < -0.39 is 16.1 Å². The Bertz CT molecular complexity index is 1000. The minimum atomic E-state index is -3.85. The zero-order chi connectivity index (χ0) is 23.0. The van der Waals surface area contributed by atoms with E-state index in [9.17, 15) is 18.3 Å². The van der Waals surface area contributed by atoms with Gasteiger partial charge in [0.05, 0.1) is 13.2 Å². The molecule has 0 aromatic heterocycles. The molecular formula is C24H34N2O5S. The maximum Gasteiger partial charge on any atom is 0.247 e. The lowest BCUT2D eigenvalue weighted by atomic mass is 10.0. The van der Waals surface area contributed by atoms with Gasteiger partial charge in [-0.1, -0.05) is 19.1 Å². The van der Waals surface area contributed by atoms with Crippen LogP contribution in [0.3, 0.4) is 0 Å². The van der Waals surface area contributed by atoms with Gasteiger partial charge in [0.25, 0.3) is 0 Å². The molecule has 2 aliphatic carbocycles. The average molecular weight is 463 g/mol. The highest BCUT2D eigenvalue weighted by molar-refractivity contribution is 7.89. The van der Waals surface area contributed by atoms with Crippen LogP contribution in [0.2, 0.25) is 0 Å². The number of sulfonamides is 1. The lowest BCUT2D eigenvalue weighted by molar-refractivity contribution is -0.132. The van der Waals surface area contributed by atoms with Crippen LogP contribution in [-0.2, 0) is 14.8 Å². The van der Waals surface area contributed by atoms with Crippen molar-refractivity contribution in [3.63, 3.8) is 0 Å². The molecule has 1 aliphatic heterocycles. The second-order valence-corrected chi connectivity index (χ2v) is 11.4. The summed E-state index contributed by atoms with van der Waals surface area (Å²) in [6.07, 6.45) is 6.80. The van der Waals surface area contributed by atoms with Crippen LogP contribution in [0.15, 0.2) is 29.2 Å². The fraction of sp³-hybridized carbons (Fsp3) is 0.625. The first-order valence-electron chi connectivity index (χ1n) is 11.6. The lowest BCUT2D eigenvalue weighted by Crippen LogP contribution is -2.50. The van der Waals surface area contributed by atoms with Gasteiger partial charge in [0.15, 0.2) is 0 Å². The van der Waals surface area contributed by atoms with Crippen LogP contribution in [0.4, 0.5) is 0 Å². The average Bonchev–Trinajstić information content (AvgIpc) is 3.48. The van der Waals surface area contributed by atoms with Crippen LogP contribution in [0.25, 0.3) is 5.57 Å². The first-order chi connectivity index (χ1) is 15.2. The summed E-state index contributed by atoms with van der Waals surface area (Å²) < 4.78 is 34.8. The number of benzene rings is 1. The highest BCUT2D eigenvalue weighted by atomic mass is 32.2. The smallest absolute Gasteiger partial charge is 0.247 e. The van der Waals surface area contributed by atoms with Crippen LogP contribution >= 0.6 is 0 Å². The molecule has 1 amide bonds. The third-order valence-electron chi connectivity index (χ3n) is 6.84. The molecule has 1 saturated carbocycles. The summed E-state index contributed by atoms with van der Waals surface area (Å²) in [7, 11) is -2.06. The summed E-state index contributed by atoms with van der Waals surface area (Å²) in [6.45, 7) is 4.00. The van der Waals surface area contributed by atoms with E-state index in [1.165, 1.54) is 9.88 Å². The Balaban J connectivity index is 1.73. The molecule has 0 spiro atoms. The Kier molecular flexibility index (Phi) is 6.66. The molecule has 7 nitrogen and oxygen atoms in total. The normalized spacial score (nSPS) is 26.3. The number of allylic oxidation sites excluding steroid dienone is 2. The molecule has 1 heterocycles. The van der Waals surface area contributed by atoms with Gasteiger partial charge in [-0.25, -0.2) is 8.42 Å². The van der Waals surface area contributed by atoms with Gasteiger partial charge in [-0.05, 0) is 62.3 Å². The first kappa shape index (κ1) is 23.3. The highest BCUT2D eigenvalue weighted by Gasteiger charge is 2.39. The van der Waals surface area contributed by atoms with Gasteiger partial charge in [0.1, 0.15) is 16.7 Å². The number of hydrogen-bond donors (Lipinski definition) is 1. The van der Waals surface area contributed by atoms with E-state index >= 15 is 0 Å². The van der Waals surface area contributed by atoms with E-state index in [4.69, 9.17) is 4.74 Å². The van der Waals surface area contributed by atoms with Gasteiger partial charge in [-0.3, -0.25) is 4.79 Å². The number of ether oxygens (including phenoxy) is 1. The number of aliphatic hydroxyl groups is 1. The summed E-state index contributed by atoms with van der Waals surface area (Å²) in [5.74, 6) is 0.398. The molecule has 176 valence electrons. The van der Waals surface area contributed by atoms with Crippen molar-refractivity contribution in [2.24, 2.45) is 11.8 Å². The van der Waals surface area contributed by atoms with Gasteiger partial charge in [0.2, 0.25) is 15.9 Å². The molecule has 1 N–H and O–H groups in total. The monoisotopic (exact) mass is 462 g/mol. The molecule has 8 heteroatoms. The van der Waals surface area contributed by atoms with Crippen molar-refractivity contribution in [2.75, 3.05) is 26.7 Å². The third-order valence-corrected chi connectivity index (χ3v) is 8.86. The number of nitrogens with zero attached hydrogens (tertiary/aromatic N) is 2. The largest absolute Gasteiger partial charge is 0.487 e. The second kappa shape index (κ2) is 9.15. The summed E-state index contributed by atoms with van der Waals surface area (Å²) in [5, 5.41) is 9.76. The van der Waals surface area contributed by atoms with Crippen LogP contribution in [0, 0.1) is 11.8 Å². The van der Waals surface area contributed by atoms with Crippen LogP contribution in [0.1, 0.15) is 51.5 Å². The molecule has 0 radical (unpaired) electrons. The molecule has 3 aliphatic rings. The second-order valence-electron chi connectivity index (χ2n) is 9.52. The number of carbonyl (C=O) groups excluding carboxylic acids is 1. The SMILES string of the molecule is C[C@H]1CN([C@@H](C)CO)S(=O)(=O)c2ccc(C3=CCCC3)cc2O[C@@H]1CN(C)C(=O)C1CC1. The highest BCUT2D eigenvalue weighted by Crippen LogP contribution is 2.38. The Morgan fingerprint density at radius 1 is 1.34 bits per heavy atom. The minimum Gasteiger partial charge on any atom is -0.487 e. The Labute approximate surface area is 191 Å². The number of rotatable bonds is 6. The molecule has 1 aromatic carbocycles. The zero-order valence-corrected chi connectivity index (χ0v) is 20.0. The molecule has 4 rings (SSSR count). The first-order valence-corrected chi connectivity index (χ1v) is 13.0. The summed E-state index contributed by atoms with van der Waals surface area (Å²) in [5.41, 5.74) is 2.19. The van der Waals surface area contributed by atoms with Gasteiger partial charge >= 0.3 is 0 Å². The number of amides is 1. The van der Waals surface area contributed by atoms with Crippen molar-refractivity contribution in [1.82, 2.24) is 9.21 Å². The quantitative estimate of drug-likeness (QED) is 0.702. The number of carbonyl (C=O) groups is 1. The Morgan fingerprint density at radius 2 is 2.09 bits per heavy atom. The van der Waals surface area contributed by atoms with E-state index in [1.54, 1.807) is 24.9 Å². The number of fused-ring (bicyclic) bond motifs is 1. The molecule has 3 atom stereocenters. The fourth-order valence-corrected chi connectivity index (χ4v) is 6.40. The van der Waals surface area contributed by atoms with Crippen LogP contribution < -0.4 is 4.74 Å². The minimum absolute atomic E-state index is 0.114. The fourth-order valence-electron chi connectivity index (χ4n) is 4.58. The number of aliphatic hydroxyl groups excluding tert-OH is 1. The van der Waals surface area contributed by atoms with Gasteiger partial charge in [-0.15, -0.1) is 0 Å². The maximum atomic E-state index is 13.5. The zero-order valence-electron chi connectivity index (χ0n) is 19.2. The van der Waals surface area contributed by atoms with Gasteiger partial charge in [0, 0.05) is 31.5 Å². The standard InChI is InChI=1S/C24H34N2O5S/c1-16-13-26(17(2)15-27)32(29,30)23-11-10-20(18-6-4-5-7-18)12-21(23)31-22(16)14-25(3)24(28)19-8-9-19/h6,10-12,16-17,19,22,27H,4-5,7-9,13-15H2,1-3H3/t16-,17-,22+/m0/s1. The predicted octanol–water partition coefficient (Wildman–Crippen LogP) is 2.89. The molecule has 32 heavy (non-hydrogen) atoms. The van der Waals surface area contributed by atoms with Crippen molar-refractivity contribution in [3.05, 3.63) is 29.8 Å². The van der Waals surface area contributed by atoms with Crippen LogP contribution in [-0.4, -0.2) is 67.5 Å². The number of hydrogen-bond acceptors (Lipinski definition) is 5. The van der Waals surface area contributed by atoms with E-state index in [1.807, 2.05) is 19.1 Å². The van der Waals surface area contributed by atoms with Gasteiger partial charge < -0.3 is 14.7 Å². The lowest BCUT2D eigenvalue weighted by Gasteiger charge is -2.37. The Morgan fingerprint density at radius 3 is 2.72 bits per heavy atom. The van der Waals surface area contributed by atoms with E-state index in [-0.39, 0.29) is 41.9 Å². The molecule has 1 fully saturated rings. The van der Waals surface area contributed by atoms with Crippen molar-refractivity contribution >= 4 is 21.5 Å². The molecule has 1 aromatic rings. The molecule has 0 unspecified atom stereocenters. The van der Waals surface area contributed by atoms with Gasteiger partial charge in [-0.2, -0.15) is 4.31 Å². The topological polar surface area (TPSA) is 87.2 Å². The third kappa shape index (κ3) is 4.58. The van der Waals surface area contributed by atoms with Crippen molar-refractivity contribution in [3.8, 4) is 5.75 Å². The summed E-state index contributed by atoms with van der Waals surface area (Å²) >= 11 is 0. The predicted molar refractivity (Wildman–Crippen MR) is 123 cm³/mol. The number of likely N-dealkylation sites (N-methyl/N-ethyl adjacent to an activating group) is 1. The van der Waals surface area contributed by atoms with Crippen LogP contribution in [0.5, 0.6) is 5.75 Å². The Hall–Kier alpha value is -1.90. The van der Waals surface area contributed by atoms with Crippen molar-refractivity contribution in [1.29, 1.82) is 0 Å². The van der Waals surface area contributed by atoms with Crippen molar-refractivity contribution < 1.29 is 23.1 Å².